The molecule has 1 heterocycles. The molecular weight excluding hydrogens is 292 g/mol. The first-order valence-electron chi connectivity index (χ1n) is 7.04. The lowest BCUT2D eigenvalue weighted by molar-refractivity contribution is -0.114. The molecule has 3 aromatic rings. The number of aromatic nitrogens is 2. The van der Waals surface area contributed by atoms with E-state index in [1.54, 1.807) is 24.3 Å². The summed E-state index contributed by atoms with van der Waals surface area (Å²) in [4.78, 5) is 32.2. The first-order chi connectivity index (χ1) is 11.1. The fourth-order valence-corrected chi connectivity index (χ4v) is 2.17. The van der Waals surface area contributed by atoms with Gasteiger partial charge in [-0.15, -0.1) is 0 Å². The molecule has 0 unspecified atom stereocenters. The molecule has 6 heteroatoms. The van der Waals surface area contributed by atoms with E-state index in [9.17, 15) is 9.59 Å². The summed E-state index contributed by atoms with van der Waals surface area (Å²) in [5.41, 5.74) is 1.47. The van der Waals surface area contributed by atoms with Crippen molar-refractivity contribution in [2.45, 2.75) is 6.92 Å². The fourth-order valence-electron chi connectivity index (χ4n) is 2.17. The average Bonchev–Trinajstić information content (AvgIpc) is 2.54. The maximum absolute atomic E-state index is 12.6. The monoisotopic (exact) mass is 306 g/mol. The third kappa shape index (κ3) is 3.32. The van der Waals surface area contributed by atoms with Crippen LogP contribution < -0.4 is 10.6 Å². The topological polar surface area (TPSA) is 84.0 Å². The Morgan fingerprint density at radius 3 is 2.30 bits per heavy atom. The van der Waals surface area contributed by atoms with Gasteiger partial charge in [-0.1, -0.05) is 36.4 Å². The predicted molar refractivity (Wildman–Crippen MR) is 88.2 cm³/mol. The van der Waals surface area contributed by atoms with Gasteiger partial charge in [0.2, 0.25) is 11.9 Å². The number of hydrogen-bond donors (Lipinski definition) is 2. The summed E-state index contributed by atoms with van der Waals surface area (Å²) < 4.78 is 0. The van der Waals surface area contributed by atoms with E-state index in [0.29, 0.717) is 16.6 Å². The molecule has 0 spiro atoms. The molecule has 114 valence electrons. The number of carbonyl (C=O) groups is 2. The van der Waals surface area contributed by atoms with Gasteiger partial charge in [-0.25, -0.2) is 9.97 Å². The zero-order chi connectivity index (χ0) is 16.2. The molecule has 0 bridgehead atoms. The Hall–Kier alpha value is -3.28. The first-order valence-corrected chi connectivity index (χ1v) is 7.04. The summed E-state index contributed by atoms with van der Waals surface area (Å²) in [6, 6.07) is 16.3. The molecule has 0 radical (unpaired) electrons. The van der Waals surface area contributed by atoms with Crippen LogP contribution in [0.25, 0.3) is 10.9 Å². The maximum Gasteiger partial charge on any atom is 0.275 e. The van der Waals surface area contributed by atoms with Crippen LogP contribution >= 0.6 is 0 Å². The van der Waals surface area contributed by atoms with E-state index in [0.717, 1.165) is 0 Å². The van der Waals surface area contributed by atoms with Gasteiger partial charge in [0.15, 0.2) is 0 Å². The van der Waals surface area contributed by atoms with Crippen LogP contribution in [0.4, 0.5) is 11.6 Å². The molecule has 0 aliphatic rings. The lowest BCUT2D eigenvalue weighted by Crippen LogP contribution is -2.17. The number of anilines is 2. The van der Waals surface area contributed by atoms with Crippen molar-refractivity contribution in [2.75, 3.05) is 10.6 Å². The Kier molecular flexibility index (Phi) is 3.97. The number of nitrogens with zero attached hydrogens (tertiary/aromatic N) is 2. The van der Waals surface area contributed by atoms with Gasteiger partial charge < -0.3 is 5.32 Å². The molecule has 23 heavy (non-hydrogen) atoms. The number of benzene rings is 2. The number of fused-ring (bicyclic) bond motifs is 1. The number of amides is 2. The second-order valence-corrected chi connectivity index (χ2v) is 4.91. The molecular formula is C17H14N4O2. The van der Waals surface area contributed by atoms with Crippen LogP contribution in [-0.2, 0) is 4.79 Å². The van der Waals surface area contributed by atoms with Gasteiger partial charge in [0.1, 0.15) is 5.69 Å². The Morgan fingerprint density at radius 1 is 0.870 bits per heavy atom. The minimum atomic E-state index is -0.360. The molecule has 0 atom stereocenters. The van der Waals surface area contributed by atoms with Gasteiger partial charge in [-0.3, -0.25) is 14.9 Å². The SMILES string of the molecule is CC(=O)Nc1nc(C(=O)Nc2ccccc2)c2ccccc2n1. The van der Waals surface area contributed by atoms with E-state index < -0.39 is 0 Å². The van der Waals surface area contributed by atoms with Crippen LogP contribution in [-0.4, -0.2) is 21.8 Å². The molecule has 2 amide bonds. The lowest BCUT2D eigenvalue weighted by Gasteiger charge is -2.09. The zero-order valence-corrected chi connectivity index (χ0v) is 12.4. The predicted octanol–water partition coefficient (Wildman–Crippen LogP) is 2.84. The minimum absolute atomic E-state index is 0.106. The van der Waals surface area contributed by atoms with E-state index in [2.05, 4.69) is 20.6 Å². The van der Waals surface area contributed by atoms with Crippen molar-refractivity contribution in [1.82, 2.24) is 9.97 Å². The van der Waals surface area contributed by atoms with E-state index in [1.165, 1.54) is 6.92 Å². The summed E-state index contributed by atoms with van der Waals surface area (Å²) in [5.74, 6) is -0.550. The number of rotatable bonds is 3. The number of para-hydroxylation sites is 2. The summed E-state index contributed by atoms with van der Waals surface area (Å²) in [5, 5.41) is 5.92. The van der Waals surface area contributed by atoms with Gasteiger partial charge >= 0.3 is 0 Å². The van der Waals surface area contributed by atoms with E-state index in [1.807, 2.05) is 30.3 Å². The number of nitrogens with one attached hydrogen (secondary N) is 2. The first kappa shape index (κ1) is 14.6. The van der Waals surface area contributed by atoms with Crippen LogP contribution in [0.2, 0.25) is 0 Å². The highest BCUT2D eigenvalue weighted by molar-refractivity contribution is 6.11. The van der Waals surface area contributed by atoms with Crippen molar-refractivity contribution in [3.63, 3.8) is 0 Å². The third-order valence-electron chi connectivity index (χ3n) is 3.14. The second kappa shape index (κ2) is 6.23. The molecule has 0 aliphatic carbocycles. The van der Waals surface area contributed by atoms with Gasteiger partial charge in [-0.05, 0) is 18.2 Å². The van der Waals surface area contributed by atoms with E-state index in [4.69, 9.17) is 0 Å². The van der Waals surface area contributed by atoms with Crippen molar-refractivity contribution in [3.8, 4) is 0 Å². The van der Waals surface area contributed by atoms with Crippen molar-refractivity contribution in [2.24, 2.45) is 0 Å². The molecule has 2 aromatic carbocycles. The third-order valence-corrected chi connectivity index (χ3v) is 3.14. The van der Waals surface area contributed by atoms with Crippen molar-refractivity contribution < 1.29 is 9.59 Å². The Morgan fingerprint density at radius 2 is 1.57 bits per heavy atom. The van der Waals surface area contributed by atoms with Crippen LogP contribution in [0.15, 0.2) is 54.6 Å². The van der Waals surface area contributed by atoms with Crippen molar-refractivity contribution >= 4 is 34.4 Å². The fraction of sp³-hybridized carbons (Fsp3) is 0.0588. The maximum atomic E-state index is 12.6. The highest BCUT2D eigenvalue weighted by atomic mass is 16.2. The minimum Gasteiger partial charge on any atom is -0.321 e. The summed E-state index contributed by atoms with van der Waals surface area (Å²) >= 11 is 0. The number of hydrogen-bond acceptors (Lipinski definition) is 4. The smallest absolute Gasteiger partial charge is 0.275 e. The average molecular weight is 306 g/mol. The van der Waals surface area contributed by atoms with Crippen LogP contribution in [0.1, 0.15) is 17.4 Å². The highest BCUT2D eigenvalue weighted by Crippen LogP contribution is 2.19. The van der Waals surface area contributed by atoms with Gasteiger partial charge in [-0.2, -0.15) is 0 Å². The molecule has 0 aliphatic heterocycles. The molecule has 6 nitrogen and oxygen atoms in total. The standard InChI is InChI=1S/C17H14N4O2/c1-11(22)18-17-20-14-10-6-5-9-13(14)15(21-17)16(23)19-12-7-3-2-4-8-12/h2-10H,1H3,(H,19,23)(H,18,20,21,22). The molecule has 0 saturated heterocycles. The van der Waals surface area contributed by atoms with Crippen LogP contribution in [0.5, 0.6) is 0 Å². The van der Waals surface area contributed by atoms with Gasteiger partial charge in [0.05, 0.1) is 5.52 Å². The highest BCUT2D eigenvalue weighted by Gasteiger charge is 2.15. The number of carbonyl (C=O) groups excluding carboxylic acids is 2. The quantitative estimate of drug-likeness (QED) is 0.779. The Labute approximate surface area is 132 Å². The van der Waals surface area contributed by atoms with E-state index >= 15 is 0 Å². The lowest BCUT2D eigenvalue weighted by atomic mass is 10.1. The molecule has 2 N–H and O–H groups in total. The van der Waals surface area contributed by atoms with Crippen molar-refractivity contribution in [3.05, 3.63) is 60.3 Å². The van der Waals surface area contributed by atoms with Crippen molar-refractivity contribution in [1.29, 1.82) is 0 Å². The normalized spacial score (nSPS) is 10.3. The van der Waals surface area contributed by atoms with Crippen LogP contribution in [0.3, 0.4) is 0 Å². The van der Waals surface area contributed by atoms with Gasteiger partial charge in [0.25, 0.3) is 5.91 Å². The Bertz CT molecular complexity index is 878. The molecule has 1 aromatic heterocycles. The van der Waals surface area contributed by atoms with Gasteiger partial charge in [0, 0.05) is 18.0 Å². The second-order valence-electron chi connectivity index (χ2n) is 4.91. The molecule has 0 saturated carbocycles. The largest absolute Gasteiger partial charge is 0.321 e. The summed E-state index contributed by atoms with van der Waals surface area (Å²) in [7, 11) is 0. The molecule has 0 fully saturated rings. The zero-order valence-electron chi connectivity index (χ0n) is 12.4. The Balaban J connectivity index is 2.03. The van der Waals surface area contributed by atoms with Crippen LogP contribution in [0, 0.1) is 0 Å². The summed E-state index contributed by atoms with van der Waals surface area (Å²) in [6.07, 6.45) is 0. The van der Waals surface area contributed by atoms with E-state index in [-0.39, 0.29) is 23.5 Å². The summed E-state index contributed by atoms with van der Waals surface area (Å²) in [6.45, 7) is 1.36. The molecule has 3 rings (SSSR count).